The normalized spacial score (nSPS) is 14.3. The topological polar surface area (TPSA) is 60.2 Å². The molecule has 2 aromatic rings. The van der Waals surface area contributed by atoms with Gasteiger partial charge in [0.2, 0.25) is 0 Å². The van der Waals surface area contributed by atoms with Gasteiger partial charge in [-0.1, -0.05) is 46.2 Å². The Morgan fingerprint density at radius 2 is 1.78 bits per heavy atom. The van der Waals surface area contributed by atoms with E-state index in [-0.39, 0.29) is 0 Å². The number of ether oxygens (including phenoxy) is 1. The standard InChI is InChI=1S/C14H17N3O.C3H8.C2H6/c15-13-5-4-10-2-1-3-12(14(10)17-13)16-11-6-8-18-9-7-11;1-3-2;1-2/h1-5,11,16H,6-9H2,(H2,15,17);3H2,1-2H3;1-2H3. The minimum Gasteiger partial charge on any atom is -0.384 e. The molecule has 1 aromatic heterocycles. The second-order valence-electron chi connectivity index (χ2n) is 5.35. The van der Waals surface area contributed by atoms with Crippen molar-refractivity contribution in [2.75, 3.05) is 24.3 Å². The van der Waals surface area contributed by atoms with E-state index in [2.05, 4.69) is 36.3 Å². The zero-order chi connectivity index (χ0) is 17.1. The molecule has 1 aromatic carbocycles. The van der Waals surface area contributed by atoms with Gasteiger partial charge in [0.1, 0.15) is 5.82 Å². The number of para-hydroxylation sites is 1. The first-order valence-electron chi connectivity index (χ1n) is 8.74. The summed E-state index contributed by atoms with van der Waals surface area (Å²) in [6.45, 7) is 9.91. The molecule has 23 heavy (non-hydrogen) atoms. The van der Waals surface area contributed by atoms with E-state index in [0.717, 1.165) is 42.6 Å². The Labute approximate surface area is 140 Å². The summed E-state index contributed by atoms with van der Waals surface area (Å²) in [6, 6.07) is 10.5. The quantitative estimate of drug-likeness (QED) is 0.831. The van der Waals surface area contributed by atoms with E-state index >= 15 is 0 Å². The highest BCUT2D eigenvalue weighted by molar-refractivity contribution is 5.91. The summed E-state index contributed by atoms with van der Waals surface area (Å²) >= 11 is 0. The second kappa shape index (κ2) is 10.8. The van der Waals surface area contributed by atoms with Crippen molar-refractivity contribution in [2.24, 2.45) is 0 Å². The molecular formula is C19H31N3O. The lowest BCUT2D eigenvalue weighted by Gasteiger charge is -2.24. The van der Waals surface area contributed by atoms with Crippen molar-refractivity contribution in [3.63, 3.8) is 0 Å². The number of nitrogens with zero attached hydrogens (tertiary/aromatic N) is 1. The first-order valence-corrected chi connectivity index (χ1v) is 8.74. The Kier molecular flexibility index (Phi) is 9.07. The summed E-state index contributed by atoms with van der Waals surface area (Å²) in [5.41, 5.74) is 7.78. The van der Waals surface area contributed by atoms with Gasteiger partial charge in [0.05, 0.1) is 11.2 Å². The number of hydrogen-bond acceptors (Lipinski definition) is 4. The molecule has 1 fully saturated rings. The summed E-state index contributed by atoms with van der Waals surface area (Å²) in [5, 5.41) is 4.67. The van der Waals surface area contributed by atoms with Gasteiger partial charge >= 0.3 is 0 Å². The van der Waals surface area contributed by atoms with Crippen LogP contribution in [0.4, 0.5) is 11.5 Å². The molecule has 0 unspecified atom stereocenters. The first-order chi connectivity index (χ1) is 11.2. The van der Waals surface area contributed by atoms with Gasteiger partial charge in [0.15, 0.2) is 0 Å². The Morgan fingerprint density at radius 1 is 1.13 bits per heavy atom. The zero-order valence-electron chi connectivity index (χ0n) is 14.9. The van der Waals surface area contributed by atoms with E-state index < -0.39 is 0 Å². The molecule has 0 saturated carbocycles. The lowest BCUT2D eigenvalue weighted by Crippen LogP contribution is -2.27. The highest BCUT2D eigenvalue weighted by Gasteiger charge is 2.14. The van der Waals surface area contributed by atoms with Gasteiger partial charge in [-0.2, -0.15) is 0 Å². The Hall–Kier alpha value is -1.81. The van der Waals surface area contributed by atoms with E-state index in [4.69, 9.17) is 10.5 Å². The molecule has 1 saturated heterocycles. The number of rotatable bonds is 2. The van der Waals surface area contributed by atoms with E-state index in [1.54, 1.807) is 0 Å². The Morgan fingerprint density at radius 3 is 2.43 bits per heavy atom. The average molecular weight is 317 g/mol. The molecule has 3 rings (SSSR count). The maximum Gasteiger partial charge on any atom is 0.124 e. The third-order valence-electron chi connectivity index (χ3n) is 3.32. The highest BCUT2D eigenvalue weighted by atomic mass is 16.5. The van der Waals surface area contributed by atoms with Crippen molar-refractivity contribution in [1.82, 2.24) is 4.98 Å². The second-order valence-corrected chi connectivity index (χ2v) is 5.35. The molecule has 0 atom stereocenters. The largest absolute Gasteiger partial charge is 0.384 e. The number of nitrogen functional groups attached to an aromatic ring is 1. The molecule has 0 bridgehead atoms. The van der Waals surface area contributed by atoms with Crippen LogP contribution in [0, 0.1) is 0 Å². The van der Waals surface area contributed by atoms with Crippen molar-refractivity contribution in [1.29, 1.82) is 0 Å². The molecule has 0 spiro atoms. The maximum absolute atomic E-state index is 5.77. The molecule has 2 heterocycles. The fourth-order valence-corrected chi connectivity index (χ4v) is 2.34. The maximum atomic E-state index is 5.77. The number of nitrogens with one attached hydrogen (secondary N) is 1. The van der Waals surface area contributed by atoms with Gasteiger partial charge in [0.25, 0.3) is 0 Å². The summed E-state index contributed by atoms with van der Waals surface area (Å²) in [4.78, 5) is 4.43. The summed E-state index contributed by atoms with van der Waals surface area (Å²) in [6.07, 6.45) is 3.33. The molecule has 3 N–H and O–H groups in total. The SMILES string of the molecule is CC.CCC.Nc1ccc2cccc(NC3CCOCC3)c2n1. The van der Waals surface area contributed by atoms with Crippen molar-refractivity contribution < 1.29 is 4.74 Å². The van der Waals surface area contributed by atoms with Crippen LogP contribution < -0.4 is 11.1 Å². The van der Waals surface area contributed by atoms with Crippen LogP contribution in [-0.2, 0) is 4.74 Å². The highest BCUT2D eigenvalue weighted by Crippen LogP contribution is 2.24. The van der Waals surface area contributed by atoms with Crippen molar-refractivity contribution in [2.45, 2.75) is 53.0 Å². The van der Waals surface area contributed by atoms with Crippen molar-refractivity contribution in [3.8, 4) is 0 Å². The van der Waals surface area contributed by atoms with Gasteiger partial charge in [-0.3, -0.25) is 0 Å². The van der Waals surface area contributed by atoms with Crippen LogP contribution in [-0.4, -0.2) is 24.2 Å². The number of fused-ring (bicyclic) bond motifs is 1. The number of anilines is 2. The Balaban J connectivity index is 0.000000477. The molecule has 0 amide bonds. The van der Waals surface area contributed by atoms with Crippen LogP contribution >= 0.6 is 0 Å². The molecule has 128 valence electrons. The van der Waals surface area contributed by atoms with Crippen molar-refractivity contribution >= 4 is 22.4 Å². The molecule has 4 heteroatoms. The van der Waals surface area contributed by atoms with E-state index in [1.165, 1.54) is 6.42 Å². The van der Waals surface area contributed by atoms with Crippen molar-refractivity contribution in [3.05, 3.63) is 30.3 Å². The minimum absolute atomic E-state index is 0.465. The van der Waals surface area contributed by atoms with Gasteiger partial charge in [0, 0.05) is 24.6 Å². The molecular weight excluding hydrogens is 286 g/mol. The summed E-state index contributed by atoms with van der Waals surface area (Å²) < 4.78 is 5.37. The van der Waals surface area contributed by atoms with Gasteiger partial charge < -0.3 is 15.8 Å². The summed E-state index contributed by atoms with van der Waals surface area (Å²) in [5.74, 6) is 0.559. The number of pyridine rings is 1. The lowest BCUT2D eigenvalue weighted by molar-refractivity contribution is 0.0905. The minimum atomic E-state index is 0.465. The third kappa shape index (κ3) is 6.06. The molecule has 0 radical (unpaired) electrons. The molecule has 4 nitrogen and oxygen atoms in total. The van der Waals surface area contributed by atoms with Crippen LogP contribution in [0.15, 0.2) is 30.3 Å². The predicted molar refractivity (Wildman–Crippen MR) is 101 cm³/mol. The average Bonchev–Trinajstić information content (AvgIpc) is 2.59. The fraction of sp³-hybridized carbons (Fsp3) is 0.526. The number of hydrogen-bond donors (Lipinski definition) is 2. The number of nitrogens with two attached hydrogens (primary N) is 1. The predicted octanol–water partition coefficient (Wildman–Crippen LogP) is 4.85. The monoisotopic (exact) mass is 317 g/mol. The van der Waals surface area contributed by atoms with Gasteiger partial charge in [-0.05, 0) is 31.0 Å². The molecule has 1 aliphatic heterocycles. The van der Waals surface area contributed by atoms with E-state index in [0.29, 0.717) is 11.9 Å². The van der Waals surface area contributed by atoms with Gasteiger partial charge in [-0.15, -0.1) is 0 Å². The molecule has 0 aliphatic carbocycles. The van der Waals surface area contributed by atoms with E-state index in [9.17, 15) is 0 Å². The third-order valence-corrected chi connectivity index (χ3v) is 3.32. The fourth-order valence-electron chi connectivity index (χ4n) is 2.34. The zero-order valence-corrected chi connectivity index (χ0v) is 14.9. The van der Waals surface area contributed by atoms with Crippen LogP contribution in [0.5, 0.6) is 0 Å². The van der Waals surface area contributed by atoms with Crippen LogP contribution in [0.2, 0.25) is 0 Å². The smallest absolute Gasteiger partial charge is 0.124 e. The first kappa shape index (κ1) is 19.2. The number of aromatic nitrogens is 1. The van der Waals surface area contributed by atoms with Crippen LogP contribution in [0.1, 0.15) is 47.0 Å². The molecule has 1 aliphatic rings. The van der Waals surface area contributed by atoms with Gasteiger partial charge in [-0.25, -0.2) is 4.98 Å². The van der Waals surface area contributed by atoms with E-state index in [1.807, 2.05) is 32.0 Å². The number of benzene rings is 1. The van der Waals surface area contributed by atoms with Crippen LogP contribution in [0.25, 0.3) is 10.9 Å². The van der Waals surface area contributed by atoms with Crippen LogP contribution in [0.3, 0.4) is 0 Å². The Bertz CT molecular complexity index is 566. The lowest BCUT2D eigenvalue weighted by atomic mass is 10.1. The summed E-state index contributed by atoms with van der Waals surface area (Å²) in [7, 11) is 0.